The minimum absolute atomic E-state index is 0.225. The predicted octanol–water partition coefficient (Wildman–Crippen LogP) is 1.33. The van der Waals surface area contributed by atoms with Gasteiger partial charge in [0.25, 0.3) is 0 Å². The van der Waals surface area contributed by atoms with Crippen LogP contribution in [0.15, 0.2) is 0 Å². The molecule has 5 heteroatoms. The van der Waals surface area contributed by atoms with Crippen molar-refractivity contribution in [2.45, 2.75) is 25.7 Å². The summed E-state index contributed by atoms with van der Waals surface area (Å²) in [7, 11) is 1.37. The van der Waals surface area contributed by atoms with E-state index in [0.29, 0.717) is 25.4 Å². The number of amides is 1. The Morgan fingerprint density at radius 2 is 2.00 bits per heavy atom. The fraction of sp³-hybridized carbons (Fsp3) is 0.800. The van der Waals surface area contributed by atoms with Crippen molar-refractivity contribution in [1.82, 2.24) is 4.90 Å². The lowest BCUT2D eigenvalue weighted by Crippen LogP contribution is -2.38. The summed E-state index contributed by atoms with van der Waals surface area (Å²) in [5.74, 6) is -0.313. The third kappa shape index (κ3) is 3.77. The van der Waals surface area contributed by atoms with Crippen LogP contribution in [-0.2, 0) is 9.53 Å². The fourth-order valence-electron chi connectivity index (χ4n) is 1.86. The zero-order valence-electron chi connectivity index (χ0n) is 8.94. The summed E-state index contributed by atoms with van der Waals surface area (Å²) in [6.07, 6.45) is 2.41. The third-order valence-electron chi connectivity index (χ3n) is 2.81. The summed E-state index contributed by atoms with van der Waals surface area (Å²) < 4.78 is 4.62. The Morgan fingerprint density at radius 3 is 2.47 bits per heavy atom. The first-order valence-electron chi connectivity index (χ1n) is 5.18. The lowest BCUT2D eigenvalue weighted by molar-refractivity contribution is -0.137. The molecule has 0 atom stereocenters. The summed E-state index contributed by atoms with van der Waals surface area (Å²) >= 11 is 0. The zero-order valence-corrected chi connectivity index (χ0v) is 8.94. The molecule has 0 bridgehead atoms. The highest BCUT2D eigenvalue weighted by molar-refractivity contribution is 5.67. The number of hydrogen-bond donors (Lipinski definition) is 1. The van der Waals surface area contributed by atoms with Crippen molar-refractivity contribution in [2.75, 3.05) is 20.2 Å². The van der Waals surface area contributed by atoms with Gasteiger partial charge in [0.2, 0.25) is 0 Å². The van der Waals surface area contributed by atoms with E-state index in [9.17, 15) is 9.59 Å². The van der Waals surface area contributed by atoms with Gasteiger partial charge >= 0.3 is 12.1 Å². The van der Waals surface area contributed by atoms with Gasteiger partial charge in [-0.2, -0.15) is 0 Å². The number of carbonyl (C=O) groups is 2. The minimum atomic E-state index is -0.745. The number of rotatable bonds is 3. The van der Waals surface area contributed by atoms with Gasteiger partial charge in [-0.25, -0.2) is 4.79 Å². The summed E-state index contributed by atoms with van der Waals surface area (Å²) in [6.45, 7) is 1.36. The molecule has 0 saturated carbocycles. The Bertz CT molecular complexity index is 234. The van der Waals surface area contributed by atoms with Crippen molar-refractivity contribution < 1.29 is 19.4 Å². The number of ether oxygens (including phenoxy) is 1. The maximum atomic E-state index is 11.1. The summed E-state index contributed by atoms with van der Waals surface area (Å²) in [4.78, 5) is 23.2. The van der Waals surface area contributed by atoms with Crippen molar-refractivity contribution in [1.29, 1.82) is 0 Å². The highest BCUT2D eigenvalue weighted by atomic mass is 16.5. The molecule has 15 heavy (non-hydrogen) atoms. The van der Waals surface area contributed by atoms with E-state index >= 15 is 0 Å². The van der Waals surface area contributed by atoms with Crippen LogP contribution in [0.5, 0.6) is 0 Å². The van der Waals surface area contributed by atoms with Crippen LogP contribution in [0.25, 0.3) is 0 Å². The average Bonchev–Trinajstić information content (AvgIpc) is 2.26. The van der Waals surface area contributed by atoms with E-state index in [-0.39, 0.29) is 12.5 Å². The SMILES string of the molecule is COC(=O)N1CCC(CCC(=O)O)CC1. The molecule has 1 amide bonds. The molecule has 0 radical (unpaired) electrons. The second kappa shape index (κ2) is 5.58. The van der Waals surface area contributed by atoms with Gasteiger partial charge in [0.1, 0.15) is 0 Å². The largest absolute Gasteiger partial charge is 0.481 e. The van der Waals surface area contributed by atoms with Gasteiger partial charge in [-0.15, -0.1) is 0 Å². The lowest BCUT2D eigenvalue weighted by Gasteiger charge is -2.30. The van der Waals surface area contributed by atoms with Gasteiger partial charge in [-0.05, 0) is 25.2 Å². The second-order valence-corrected chi connectivity index (χ2v) is 3.83. The quantitative estimate of drug-likeness (QED) is 0.771. The van der Waals surface area contributed by atoms with Crippen LogP contribution in [0.4, 0.5) is 4.79 Å². The molecule has 1 saturated heterocycles. The Morgan fingerprint density at radius 1 is 1.40 bits per heavy atom. The van der Waals surface area contributed by atoms with E-state index in [1.54, 1.807) is 4.90 Å². The van der Waals surface area contributed by atoms with Crippen molar-refractivity contribution in [3.05, 3.63) is 0 Å². The molecule has 0 unspecified atom stereocenters. The van der Waals surface area contributed by atoms with Crippen molar-refractivity contribution >= 4 is 12.1 Å². The maximum absolute atomic E-state index is 11.1. The Kier molecular flexibility index (Phi) is 4.39. The van der Waals surface area contributed by atoms with Gasteiger partial charge in [0.15, 0.2) is 0 Å². The molecular weight excluding hydrogens is 198 g/mol. The van der Waals surface area contributed by atoms with Crippen molar-refractivity contribution in [2.24, 2.45) is 5.92 Å². The Hall–Kier alpha value is -1.26. The summed E-state index contributed by atoms with van der Waals surface area (Å²) in [5.41, 5.74) is 0. The molecule has 1 heterocycles. The number of carbonyl (C=O) groups excluding carboxylic acids is 1. The number of likely N-dealkylation sites (tertiary alicyclic amines) is 1. The minimum Gasteiger partial charge on any atom is -0.481 e. The molecule has 5 nitrogen and oxygen atoms in total. The molecule has 1 N–H and O–H groups in total. The average molecular weight is 215 g/mol. The standard InChI is InChI=1S/C10H17NO4/c1-15-10(14)11-6-4-8(5-7-11)2-3-9(12)13/h8H,2-7H2,1H3,(H,12,13). The zero-order chi connectivity index (χ0) is 11.3. The second-order valence-electron chi connectivity index (χ2n) is 3.83. The van der Waals surface area contributed by atoms with Crippen LogP contribution >= 0.6 is 0 Å². The number of carboxylic acids is 1. The molecule has 1 aliphatic rings. The van der Waals surface area contributed by atoms with E-state index < -0.39 is 5.97 Å². The molecule has 0 aromatic carbocycles. The van der Waals surface area contributed by atoms with Crippen LogP contribution in [0, 0.1) is 5.92 Å². The number of carboxylic acid groups (broad SMARTS) is 1. The van der Waals surface area contributed by atoms with Gasteiger partial charge in [0.05, 0.1) is 7.11 Å². The van der Waals surface area contributed by atoms with Crippen molar-refractivity contribution in [3.8, 4) is 0 Å². The molecule has 1 aliphatic heterocycles. The molecule has 0 aliphatic carbocycles. The van der Waals surface area contributed by atoms with Crippen LogP contribution in [0.1, 0.15) is 25.7 Å². The predicted molar refractivity (Wildman–Crippen MR) is 53.6 cm³/mol. The molecule has 0 spiro atoms. The first-order chi connectivity index (χ1) is 7.13. The summed E-state index contributed by atoms with van der Waals surface area (Å²) in [5, 5.41) is 8.54. The molecule has 0 aromatic rings. The monoisotopic (exact) mass is 215 g/mol. The highest BCUT2D eigenvalue weighted by Gasteiger charge is 2.23. The van der Waals surface area contributed by atoms with E-state index in [1.807, 2.05) is 0 Å². The number of aliphatic carboxylic acids is 1. The maximum Gasteiger partial charge on any atom is 0.409 e. The first-order valence-corrected chi connectivity index (χ1v) is 5.18. The molecule has 1 fully saturated rings. The van der Waals surface area contributed by atoms with Gasteiger partial charge in [-0.1, -0.05) is 0 Å². The van der Waals surface area contributed by atoms with Crippen LogP contribution in [0.3, 0.4) is 0 Å². The smallest absolute Gasteiger partial charge is 0.409 e. The number of hydrogen-bond acceptors (Lipinski definition) is 3. The number of piperidine rings is 1. The normalized spacial score (nSPS) is 17.5. The van der Waals surface area contributed by atoms with Gasteiger partial charge in [-0.3, -0.25) is 4.79 Å². The third-order valence-corrected chi connectivity index (χ3v) is 2.81. The molecule has 1 rings (SSSR count). The number of nitrogens with zero attached hydrogens (tertiary/aromatic N) is 1. The van der Waals surface area contributed by atoms with Gasteiger partial charge < -0.3 is 14.7 Å². The molecule has 86 valence electrons. The number of methoxy groups -OCH3 is 1. The van der Waals surface area contributed by atoms with E-state index in [0.717, 1.165) is 12.8 Å². The van der Waals surface area contributed by atoms with Crippen LogP contribution in [0.2, 0.25) is 0 Å². The Balaban J connectivity index is 2.23. The first kappa shape index (κ1) is 11.8. The van der Waals surface area contributed by atoms with Gasteiger partial charge in [0, 0.05) is 19.5 Å². The molecule has 0 aromatic heterocycles. The van der Waals surface area contributed by atoms with E-state index in [2.05, 4.69) is 4.74 Å². The van der Waals surface area contributed by atoms with E-state index in [1.165, 1.54) is 7.11 Å². The fourth-order valence-corrected chi connectivity index (χ4v) is 1.86. The highest BCUT2D eigenvalue weighted by Crippen LogP contribution is 2.22. The topological polar surface area (TPSA) is 66.8 Å². The lowest BCUT2D eigenvalue weighted by atomic mass is 9.92. The van der Waals surface area contributed by atoms with Crippen LogP contribution < -0.4 is 0 Å². The van der Waals surface area contributed by atoms with Crippen LogP contribution in [-0.4, -0.2) is 42.3 Å². The van der Waals surface area contributed by atoms with Crippen molar-refractivity contribution in [3.63, 3.8) is 0 Å². The van der Waals surface area contributed by atoms with E-state index in [4.69, 9.17) is 5.11 Å². The summed E-state index contributed by atoms with van der Waals surface area (Å²) in [6, 6.07) is 0. The molecular formula is C10H17NO4. The Labute approximate surface area is 89.0 Å².